The normalized spacial score (nSPS) is 11.1. The van der Waals surface area contributed by atoms with Crippen LogP contribution in [0.2, 0.25) is 5.02 Å². The number of carbonyl (C=O) groups excluding carboxylic acids is 1. The molecule has 2 aromatic carbocycles. The van der Waals surface area contributed by atoms with E-state index in [-0.39, 0.29) is 15.6 Å². The summed E-state index contributed by atoms with van der Waals surface area (Å²) in [6.45, 7) is 1.67. The lowest BCUT2D eigenvalue weighted by Crippen LogP contribution is -2.16. The number of halogens is 2. The molecule has 0 atom stereocenters. The van der Waals surface area contributed by atoms with Crippen LogP contribution in [0, 0.1) is 6.92 Å². The Morgan fingerprint density at radius 3 is 2.57 bits per heavy atom. The first-order valence-electron chi connectivity index (χ1n) is 8.06. The van der Waals surface area contributed by atoms with Gasteiger partial charge in [0, 0.05) is 22.6 Å². The van der Waals surface area contributed by atoms with E-state index in [0.717, 1.165) is 0 Å². The zero-order valence-electron chi connectivity index (χ0n) is 14.6. The number of nitrogens with one attached hydrogen (secondary N) is 2. The Balaban J connectivity index is 1.89. The number of hydrogen-bond donors (Lipinski definition) is 2. The summed E-state index contributed by atoms with van der Waals surface area (Å²) in [4.78, 5) is 16.4. The predicted molar refractivity (Wildman–Crippen MR) is 113 cm³/mol. The highest BCUT2D eigenvalue weighted by molar-refractivity contribution is 9.10. The summed E-state index contributed by atoms with van der Waals surface area (Å²) in [5.74, 6) is -0.403. The molecule has 3 rings (SSSR count). The van der Waals surface area contributed by atoms with Crippen molar-refractivity contribution >= 4 is 54.8 Å². The number of carbonyl (C=O) groups is 1. The van der Waals surface area contributed by atoms with E-state index in [0.29, 0.717) is 21.3 Å². The van der Waals surface area contributed by atoms with Crippen LogP contribution in [0.5, 0.6) is 0 Å². The molecule has 0 fully saturated rings. The molecule has 0 saturated heterocycles. The Morgan fingerprint density at radius 2 is 1.86 bits per heavy atom. The van der Waals surface area contributed by atoms with Crippen molar-refractivity contribution in [1.82, 2.24) is 4.98 Å². The summed E-state index contributed by atoms with van der Waals surface area (Å²) in [7, 11) is -3.90. The van der Waals surface area contributed by atoms with Gasteiger partial charge >= 0.3 is 0 Å². The second-order valence-electron chi connectivity index (χ2n) is 5.91. The number of anilines is 2. The number of para-hydroxylation sites is 1. The van der Waals surface area contributed by atoms with Gasteiger partial charge in [-0.3, -0.25) is 14.5 Å². The van der Waals surface area contributed by atoms with Crippen LogP contribution in [0.3, 0.4) is 0 Å². The van der Waals surface area contributed by atoms with Crippen LogP contribution in [0.1, 0.15) is 15.9 Å². The molecule has 1 heterocycles. The number of pyridine rings is 1. The third-order valence-electron chi connectivity index (χ3n) is 3.82. The Bertz CT molecular complexity index is 1150. The van der Waals surface area contributed by atoms with E-state index in [4.69, 9.17) is 11.6 Å². The van der Waals surface area contributed by atoms with E-state index in [1.54, 1.807) is 55.6 Å². The van der Waals surface area contributed by atoms with Gasteiger partial charge in [0.05, 0.1) is 21.2 Å². The molecular weight excluding hydrogens is 466 g/mol. The van der Waals surface area contributed by atoms with Gasteiger partial charge in [-0.25, -0.2) is 8.42 Å². The maximum absolute atomic E-state index is 12.8. The number of rotatable bonds is 5. The number of aromatic nitrogens is 1. The van der Waals surface area contributed by atoms with E-state index in [2.05, 4.69) is 31.0 Å². The van der Waals surface area contributed by atoms with E-state index in [9.17, 15) is 13.2 Å². The number of aryl methyl sites for hydroxylation is 1. The van der Waals surface area contributed by atoms with Gasteiger partial charge in [-0.1, -0.05) is 29.8 Å². The minimum atomic E-state index is -3.90. The van der Waals surface area contributed by atoms with Crippen molar-refractivity contribution in [2.24, 2.45) is 0 Å². The Labute approximate surface area is 176 Å². The number of amides is 1. The number of nitrogens with zero attached hydrogens (tertiary/aromatic N) is 1. The van der Waals surface area contributed by atoms with Gasteiger partial charge in [-0.15, -0.1) is 0 Å². The lowest BCUT2D eigenvalue weighted by molar-refractivity contribution is 0.102. The molecule has 0 unspecified atom stereocenters. The number of benzene rings is 2. The highest BCUT2D eigenvalue weighted by atomic mass is 79.9. The van der Waals surface area contributed by atoms with Crippen LogP contribution >= 0.6 is 27.5 Å². The lowest BCUT2D eigenvalue weighted by Gasteiger charge is -2.13. The van der Waals surface area contributed by atoms with Crippen molar-refractivity contribution in [2.45, 2.75) is 11.8 Å². The molecule has 0 saturated carbocycles. The van der Waals surface area contributed by atoms with Crippen molar-refractivity contribution in [3.63, 3.8) is 0 Å². The summed E-state index contributed by atoms with van der Waals surface area (Å²) in [5, 5.41) is 2.97. The van der Waals surface area contributed by atoms with Crippen LogP contribution in [-0.4, -0.2) is 19.3 Å². The third-order valence-corrected chi connectivity index (χ3v) is 6.09. The zero-order valence-corrected chi connectivity index (χ0v) is 17.8. The van der Waals surface area contributed by atoms with Crippen molar-refractivity contribution in [2.75, 3.05) is 10.0 Å². The molecule has 2 N–H and O–H groups in total. The van der Waals surface area contributed by atoms with Crippen LogP contribution in [0.15, 0.2) is 70.3 Å². The topological polar surface area (TPSA) is 88.2 Å². The molecule has 1 aromatic heterocycles. The Kier molecular flexibility index (Phi) is 6.02. The minimum Gasteiger partial charge on any atom is -0.322 e. The van der Waals surface area contributed by atoms with Crippen LogP contribution < -0.4 is 10.0 Å². The maximum atomic E-state index is 12.8. The maximum Gasteiger partial charge on any atom is 0.262 e. The van der Waals surface area contributed by atoms with Gasteiger partial charge in [0.25, 0.3) is 15.9 Å². The van der Waals surface area contributed by atoms with Crippen molar-refractivity contribution in [1.29, 1.82) is 0 Å². The lowest BCUT2D eigenvalue weighted by atomic mass is 10.2. The summed E-state index contributed by atoms with van der Waals surface area (Å²) in [6, 6.07) is 12.8. The number of hydrogen-bond acceptors (Lipinski definition) is 4. The van der Waals surface area contributed by atoms with E-state index >= 15 is 0 Å². The first-order chi connectivity index (χ1) is 13.3. The highest BCUT2D eigenvalue weighted by Crippen LogP contribution is 2.27. The second-order valence-corrected chi connectivity index (χ2v) is 8.89. The molecule has 0 bridgehead atoms. The molecule has 144 valence electrons. The molecule has 1 amide bonds. The second kappa shape index (κ2) is 8.30. The number of sulfonamides is 1. The molecule has 28 heavy (non-hydrogen) atoms. The molecule has 0 aliphatic rings. The van der Waals surface area contributed by atoms with Crippen molar-refractivity contribution in [3.8, 4) is 0 Å². The monoisotopic (exact) mass is 479 g/mol. The zero-order chi connectivity index (χ0) is 20.3. The first-order valence-corrected chi connectivity index (χ1v) is 10.7. The Hall–Kier alpha value is -2.42. The van der Waals surface area contributed by atoms with Crippen LogP contribution in [-0.2, 0) is 10.0 Å². The molecule has 0 radical (unpaired) electrons. The third kappa shape index (κ3) is 4.70. The fourth-order valence-corrected chi connectivity index (χ4v) is 4.41. The fourth-order valence-electron chi connectivity index (χ4n) is 2.45. The first kappa shape index (κ1) is 20.3. The summed E-state index contributed by atoms with van der Waals surface area (Å²) >= 11 is 9.30. The predicted octanol–water partition coefficient (Wildman–Crippen LogP) is 4.86. The van der Waals surface area contributed by atoms with Crippen molar-refractivity contribution < 1.29 is 13.2 Å². The molecule has 6 nitrogen and oxygen atoms in total. The van der Waals surface area contributed by atoms with Gasteiger partial charge in [0.2, 0.25) is 0 Å². The molecular formula is C19H15BrClN3O3S. The van der Waals surface area contributed by atoms with E-state index in [1.165, 1.54) is 12.3 Å². The molecule has 0 aliphatic carbocycles. The quantitative estimate of drug-likeness (QED) is 0.546. The highest BCUT2D eigenvalue weighted by Gasteiger charge is 2.19. The largest absolute Gasteiger partial charge is 0.322 e. The average Bonchev–Trinajstić information content (AvgIpc) is 2.65. The van der Waals surface area contributed by atoms with E-state index in [1.807, 2.05) is 0 Å². The summed E-state index contributed by atoms with van der Waals surface area (Å²) in [5.41, 5.74) is 1.49. The molecule has 9 heteroatoms. The van der Waals surface area contributed by atoms with Crippen molar-refractivity contribution in [3.05, 3.63) is 81.5 Å². The SMILES string of the molecule is Cc1ccc(NC(=O)c2cncc(Br)c2)cc1S(=O)(=O)Nc1ccccc1Cl. The van der Waals surface area contributed by atoms with Gasteiger partial charge in [0.1, 0.15) is 0 Å². The van der Waals surface area contributed by atoms with Gasteiger partial charge in [-0.05, 0) is 58.7 Å². The van der Waals surface area contributed by atoms with Gasteiger partial charge in [0.15, 0.2) is 0 Å². The Morgan fingerprint density at radius 1 is 1.11 bits per heavy atom. The molecule has 3 aromatic rings. The van der Waals surface area contributed by atoms with Crippen LogP contribution in [0.4, 0.5) is 11.4 Å². The van der Waals surface area contributed by atoms with Gasteiger partial charge in [-0.2, -0.15) is 0 Å². The standard InChI is InChI=1S/C19H15BrClN3O3S/c1-12-6-7-15(23-19(25)13-8-14(20)11-22-10-13)9-18(12)28(26,27)24-17-5-3-2-4-16(17)21/h2-11,24H,1H3,(H,23,25). The molecule has 0 spiro atoms. The van der Waals surface area contributed by atoms with E-state index < -0.39 is 15.9 Å². The fraction of sp³-hybridized carbons (Fsp3) is 0.0526. The van der Waals surface area contributed by atoms with Crippen LogP contribution in [0.25, 0.3) is 0 Å². The summed E-state index contributed by atoms with van der Waals surface area (Å²) < 4.78 is 28.8. The molecule has 0 aliphatic heterocycles. The van der Waals surface area contributed by atoms with Gasteiger partial charge < -0.3 is 5.32 Å². The minimum absolute atomic E-state index is 0.0394. The smallest absolute Gasteiger partial charge is 0.262 e. The summed E-state index contributed by atoms with van der Waals surface area (Å²) in [6.07, 6.45) is 2.98. The average molecular weight is 481 g/mol.